The van der Waals surface area contributed by atoms with Crippen molar-refractivity contribution in [2.45, 2.75) is 142 Å². The van der Waals surface area contributed by atoms with E-state index in [0.717, 1.165) is 12.1 Å². The summed E-state index contributed by atoms with van der Waals surface area (Å²) < 4.78 is 0. The zero-order chi connectivity index (χ0) is 18.7. The van der Waals surface area contributed by atoms with Gasteiger partial charge in [-0.05, 0) is 12.8 Å². The van der Waals surface area contributed by atoms with Crippen LogP contribution in [0.4, 0.5) is 0 Å². The Morgan fingerprint density at radius 1 is 0.500 bits per heavy atom. The maximum absolute atomic E-state index is 3.93. The van der Waals surface area contributed by atoms with E-state index in [-0.39, 0.29) is 0 Å². The third-order valence-electron chi connectivity index (χ3n) is 6.07. The molecule has 1 aliphatic heterocycles. The van der Waals surface area contributed by atoms with E-state index in [2.05, 4.69) is 24.5 Å². The summed E-state index contributed by atoms with van der Waals surface area (Å²) in [5.41, 5.74) is 0. The van der Waals surface area contributed by atoms with Gasteiger partial charge in [0, 0.05) is 25.2 Å². The maximum Gasteiger partial charge on any atom is 0.0195 e. The molecule has 1 saturated heterocycles. The quantitative estimate of drug-likeness (QED) is 0.256. The van der Waals surface area contributed by atoms with Crippen molar-refractivity contribution < 1.29 is 0 Å². The van der Waals surface area contributed by atoms with E-state index in [9.17, 15) is 0 Å². The molecule has 0 aromatic heterocycles. The van der Waals surface area contributed by atoms with Crippen LogP contribution in [-0.4, -0.2) is 25.2 Å². The Hall–Kier alpha value is -0.0800. The summed E-state index contributed by atoms with van der Waals surface area (Å²) in [5, 5.41) is 7.60. The molecule has 2 atom stereocenters. The summed E-state index contributed by atoms with van der Waals surface area (Å²) >= 11 is 0. The van der Waals surface area contributed by atoms with Gasteiger partial charge in [-0.2, -0.15) is 0 Å². The number of rotatable bonds is 18. The lowest BCUT2D eigenvalue weighted by molar-refractivity contribution is 0.302. The monoisotopic (exact) mass is 366 g/mol. The van der Waals surface area contributed by atoms with Gasteiger partial charge in [0.2, 0.25) is 0 Å². The van der Waals surface area contributed by atoms with Crippen molar-refractivity contribution in [3.63, 3.8) is 0 Å². The average molecular weight is 367 g/mol. The van der Waals surface area contributed by atoms with E-state index in [4.69, 9.17) is 0 Å². The molecule has 2 heteroatoms. The molecule has 0 aliphatic carbocycles. The van der Waals surface area contributed by atoms with E-state index in [0.29, 0.717) is 0 Å². The summed E-state index contributed by atoms with van der Waals surface area (Å²) in [7, 11) is 0. The summed E-state index contributed by atoms with van der Waals surface area (Å²) in [6, 6.07) is 1.45. The molecule has 0 aromatic rings. The van der Waals surface area contributed by atoms with Crippen LogP contribution in [0, 0.1) is 0 Å². The van der Waals surface area contributed by atoms with Crippen LogP contribution in [0.25, 0.3) is 0 Å². The van der Waals surface area contributed by atoms with E-state index in [1.54, 1.807) is 0 Å². The highest BCUT2D eigenvalue weighted by atomic mass is 15.1. The predicted molar refractivity (Wildman–Crippen MR) is 118 cm³/mol. The molecule has 26 heavy (non-hydrogen) atoms. The number of hydrogen-bond acceptors (Lipinski definition) is 2. The third kappa shape index (κ3) is 14.0. The Kier molecular flexibility index (Phi) is 16.9. The van der Waals surface area contributed by atoms with Crippen LogP contribution in [0.5, 0.6) is 0 Å². The Morgan fingerprint density at radius 2 is 0.846 bits per heavy atom. The van der Waals surface area contributed by atoms with Gasteiger partial charge >= 0.3 is 0 Å². The minimum Gasteiger partial charge on any atom is -0.314 e. The topological polar surface area (TPSA) is 24.1 Å². The van der Waals surface area contributed by atoms with Crippen molar-refractivity contribution in [3.05, 3.63) is 0 Å². The van der Waals surface area contributed by atoms with Gasteiger partial charge < -0.3 is 10.6 Å². The van der Waals surface area contributed by atoms with Crippen molar-refractivity contribution in [1.29, 1.82) is 0 Å². The first-order valence-corrected chi connectivity index (χ1v) is 12.3. The van der Waals surface area contributed by atoms with Crippen LogP contribution in [0.15, 0.2) is 0 Å². The molecule has 0 amide bonds. The largest absolute Gasteiger partial charge is 0.314 e. The number of nitrogens with one attached hydrogen (secondary N) is 2. The zero-order valence-electron chi connectivity index (χ0n) is 18.3. The van der Waals surface area contributed by atoms with Crippen LogP contribution in [0.2, 0.25) is 0 Å². The molecule has 1 rings (SSSR count). The molecule has 1 heterocycles. The van der Waals surface area contributed by atoms with Gasteiger partial charge in [-0.25, -0.2) is 0 Å². The number of unbranched alkanes of at least 4 members (excludes halogenated alkanes) is 14. The molecular formula is C24H50N2. The van der Waals surface area contributed by atoms with Crippen molar-refractivity contribution in [1.82, 2.24) is 10.6 Å². The van der Waals surface area contributed by atoms with E-state index in [1.807, 2.05) is 0 Å². The van der Waals surface area contributed by atoms with Crippen LogP contribution >= 0.6 is 0 Å². The molecule has 0 aromatic carbocycles. The van der Waals surface area contributed by atoms with Crippen molar-refractivity contribution in [2.24, 2.45) is 0 Å². The molecule has 1 aliphatic rings. The van der Waals surface area contributed by atoms with Crippen LogP contribution in [-0.2, 0) is 0 Å². The fourth-order valence-corrected chi connectivity index (χ4v) is 4.30. The lowest BCUT2D eigenvalue weighted by Crippen LogP contribution is -2.54. The average Bonchev–Trinajstić information content (AvgIpc) is 2.66. The van der Waals surface area contributed by atoms with Crippen molar-refractivity contribution in [2.75, 3.05) is 13.1 Å². The smallest absolute Gasteiger partial charge is 0.0195 e. The Bertz CT molecular complexity index is 253. The van der Waals surface area contributed by atoms with Crippen molar-refractivity contribution in [3.8, 4) is 0 Å². The first-order chi connectivity index (χ1) is 12.9. The summed E-state index contributed by atoms with van der Waals surface area (Å²) in [4.78, 5) is 0. The van der Waals surface area contributed by atoms with Gasteiger partial charge in [0.1, 0.15) is 0 Å². The fraction of sp³-hybridized carbons (Fsp3) is 1.00. The van der Waals surface area contributed by atoms with Crippen LogP contribution in [0.3, 0.4) is 0 Å². The molecule has 2 nitrogen and oxygen atoms in total. The van der Waals surface area contributed by atoms with E-state index < -0.39 is 0 Å². The summed E-state index contributed by atoms with van der Waals surface area (Å²) in [6.07, 6.45) is 25.6. The Balaban J connectivity index is 1.91. The minimum atomic E-state index is 0.725. The van der Waals surface area contributed by atoms with Gasteiger partial charge in [0.15, 0.2) is 0 Å². The molecule has 0 radical (unpaired) electrons. The van der Waals surface area contributed by atoms with Gasteiger partial charge in [-0.1, -0.05) is 117 Å². The molecule has 156 valence electrons. The number of piperazine rings is 1. The molecular weight excluding hydrogens is 316 g/mol. The van der Waals surface area contributed by atoms with Crippen LogP contribution in [0.1, 0.15) is 129 Å². The Labute approximate surface area is 165 Å². The second-order valence-corrected chi connectivity index (χ2v) is 8.75. The van der Waals surface area contributed by atoms with E-state index >= 15 is 0 Å². The van der Waals surface area contributed by atoms with Gasteiger partial charge in [-0.15, -0.1) is 0 Å². The first kappa shape index (κ1) is 24.0. The van der Waals surface area contributed by atoms with Gasteiger partial charge in [0.25, 0.3) is 0 Å². The lowest BCUT2D eigenvalue weighted by Gasteiger charge is -2.32. The second kappa shape index (κ2) is 18.3. The molecule has 2 N–H and O–H groups in total. The van der Waals surface area contributed by atoms with Gasteiger partial charge in [-0.3, -0.25) is 0 Å². The molecule has 0 bridgehead atoms. The van der Waals surface area contributed by atoms with Crippen LogP contribution < -0.4 is 10.6 Å². The normalized spacial score (nSPS) is 20.5. The molecule has 0 saturated carbocycles. The van der Waals surface area contributed by atoms with E-state index in [1.165, 1.54) is 129 Å². The third-order valence-corrected chi connectivity index (χ3v) is 6.07. The van der Waals surface area contributed by atoms with Crippen molar-refractivity contribution >= 4 is 0 Å². The standard InChI is InChI=1S/C24H50N2/c1-3-5-7-9-11-13-15-17-19-23-21-25-22-24(26-23)20-18-16-14-12-10-8-6-4-2/h23-26H,3-22H2,1-2H3. The maximum atomic E-state index is 3.93. The highest BCUT2D eigenvalue weighted by Crippen LogP contribution is 2.14. The lowest BCUT2D eigenvalue weighted by atomic mass is 9.99. The molecule has 0 spiro atoms. The zero-order valence-corrected chi connectivity index (χ0v) is 18.3. The minimum absolute atomic E-state index is 0.725. The SMILES string of the molecule is CCCCCCCCCCC1CNCC(CCCCCCCCCC)N1. The molecule has 2 unspecified atom stereocenters. The predicted octanol–water partition coefficient (Wildman–Crippen LogP) is 6.98. The molecule has 1 fully saturated rings. The highest BCUT2D eigenvalue weighted by Gasteiger charge is 2.19. The number of hydrogen-bond donors (Lipinski definition) is 2. The summed E-state index contributed by atoms with van der Waals surface area (Å²) in [5.74, 6) is 0. The summed E-state index contributed by atoms with van der Waals surface area (Å²) in [6.45, 7) is 6.97. The second-order valence-electron chi connectivity index (χ2n) is 8.75. The Morgan fingerprint density at radius 3 is 1.23 bits per heavy atom. The fourth-order valence-electron chi connectivity index (χ4n) is 4.30. The highest BCUT2D eigenvalue weighted by molar-refractivity contribution is 4.83. The first-order valence-electron chi connectivity index (χ1n) is 12.3. The van der Waals surface area contributed by atoms with Gasteiger partial charge in [0.05, 0.1) is 0 Å².